The lowest BCUT2D eigenvalue weighted by Crippen LogP contribution is -2.42. The Morgan fingerprint density at radius 2 is 1.78 bits per heavy atom. The van der Waals surface area contributed by atoms with Crippen LogP contribution in [0.1, 0.15) is 52.9 Å². The van der Waals surface area contributed by atoms with Crippen LogP contribution in [-0.2, 0) is 14.3 Å². The van der Waals surface area contributed by atoms with Crippen LogP contribution >= 0.6 is 0 Å². The lowest BCUT2D eigenvalue weighted by Gasteiger charge is -2.33. The fourth-order valence-electron chi connectivity index (χ4n) is 2.36. The number of carbonyl (C=O) groups is 1. The summed E-state index contributed by atoms with van der Waals surface area (Å²) in [6.07, 6.45) is 5.07. The Balaban J connectivity index is 2.34. The summed E-state index contributed by atoms with van der Waals surface area (Å²) in [6.45, 7) is 7.10. The van der Waals surface area contributed by atoms with Crippen molar-refractivity contribution in [3.8, 4) is 0 Å². The van der Waals surface area contributed by atoms with Crippen molar-refractivity contribution in [2.45, 2.75) is 58.5 Å². The summed E-state index contributed by atoms with van der Waals surface area (Å²) in [5.41, 5.74) is 5.16. The van der Waals surface area contributed by atoms with Gasteiger partial charge in [0.1, 0.15) is 6.61 Å². The second-order valence-corrected chi connectivity index (χ2v) is 6.14. The highest BCUT2D eigenvalue weighted by Crippen LogP contribution is 2.36. The fraction of sp³-hybridized carbons (Fsp3) is 0.929. The molecule has 4 nitrogen and oxygen atoms in total. The predicted molar refractivity (Wildman–Crippen MR) is 71.2 cm³/mol. The lowest BCUT2D eigenvalue weighted by atomic mass is 9.74. The highest BCUT2D eigenvalue weighted by molar-refractivity contribution is 5.77. The van der Waals surface area contributed by atoms with Crippen molar-refractivity contribution in [1.29, 1.82) is 0 Å². The topological polar surface area (TPSA) is 61.5 Å². The first-order valence-electron chi connectivity index (χ1n) is 6.91. The van der Waals surface area contributed by atoms with Crippen LogP contribution in [0.25, 0.3) is 0 Å². The minimum Gasteiger partial charge on any atom is -0.463 e. The van der Waals surface area contributed by atoms with Crippen LogP contribution < -0.4 is 5.73 Å². The average molecular weight is 257 g/mol. The van der Waals surface area contributed by atoms with E-state index in [1.807, 2.05) is 20.8 Å². The van der Waals surface area contributed by atoms with Gasteiger partial charge in [0.15, 0.2) is 0 Å². The molecule has 18 heavy (non-hydrogen) atoms. The molecule has 0 aromatic rings. The molecule has 1 fully saturated rings. The minimum absolute atomic E-state index is 0.137. The molecular formula is C14H27NO3. The molecule has 1 aliphatic rings. The minimum atomic E-state index is -0.431. The predicted octanol–water partition coefficient (Wildman–Crippen LogP) is 2.25. The van der Waals surface area contributed by atoms with E-state index >= 15 is 0 Å². The van der Waals surface area contributed by atoms with Crippen molar-refractivity contribution >= 4 is 5.97 Å². The number of carbonyl (C=O) groups excluding carboxylic acids is 1. The summed E-state index contributed by atoms with van der Waals surface area (Å²) in [4.78, 5) is 12.1. The second-order valence-electron chi connectivity index (χ2n) is 6.14. The summed E-state index contributed by atoms with van der Waals surface area (Å²) in [6, 6.07) is 0. The monoisotopic (exact) mass is 257 g/mol. The highest BCUT2D eigenvalue weighted by Gasteiger charge is 2.39. The normalized spacial score (nSPS) is 19.6. The zero-order valence-corrected chi connectivity index (χ0v) is 12.0. The molecule has 0 aromatic heterocycles. The summed E-state index contributed by atoms with van der Waals surface area (Å²) in [5.74, 6) is -0.137. The van der Waals surface area contributed by atoms with Gasteiger partial charge in [-0.2, -0.15) is 0 Å². The van der Waals surface area contributed by atoms with Crippen LogP contribution in [0.4, 0.5) is 0 Å². The van der Waals surface area contributed by atoms with E-state index in [-0.39, 0.29) is 11.6 Å². The van der Waals surface area contributed by atoms with E-state index in [4.69, 9.17) is 15.2 Å². The maximum Gasteiger partial charge on any atom is 0.313 e. The van der Waals surface area contributed by atoms with Crippen molar-refractivity contribution in [2.24, 2.45) is 11.1 Å². The average Bonchev–Trinajstić information content (AvgIpc) is 2.34. The molecule has 1 saturated carbocycles. The largest absolute Gasteiger partial charge is 0.463 e. The Morgan fingerprint density at radius 3 is 2.28 bits per heavy atom. The van der Waals surface area contributed by atoms with E-state index in [1.165, 1.54) is 6.42 Å². The summed E-state index contributed by atoms with van der Waals surface area (Å²) >= 11 is 0. The molecule has 2 N–H and O–H groups in total. The number of hydrogen-bond donors (Lipinski definition) is 1. The number of hydrogen-bond acceptors (Lipinski definition) is 4. The molecule has 4 heteroatoms. The van der Waals surface area contributed by atoms with Gasteiger partial charge in [-0.1, -0.05) is 19.3 Å². The van der Waals surface area contributed by atoms with Crippen LogP contribution in [0.5, 0.6) is 0 Å². The van der Waals surface area contributed by atoms with E-state index in [0.29, 0.717) is 19.8 Å². The molecule has 0 bridgehead atoms. The van der Waals surface area contributed by atoms with Crippen LogP contribution in [0.3, 0.4) is 0 Å². The molecular weight excluding hydrogens is 230 g/mol. The third-order valence-electron chi connectivity index (χ3n) is 3.49. The van der Waals surface area contributed by atoms with E-state index in [9.17, 15) is 4.79 Å². The first-order chi connectivity index (χ1) is 8.40. The van der Waals surface area contributed by atoms with E-state index in [0.717, 1.165) is 25.7 Å². The van der Waals surface area contributed by atoms with Crippen molar-refractivity contribution in [3.63, 3.8) is 0 Å². The Labute approximate surface area is 110 Å². The Kier molecular flexibility index (Phi) is 5.60. The van der Waals surface area contributed by atoms with Gasteiger partial charge < -0.3 is 15.2 Å². The Bertz CT molecular complexity index is 265. The molecule has 106 valence electrons. The van der Waals surface area contributed by atoms with Crippen molar-refractivity contribution < 1.29 is 14.3 Å². The SMILES string of the molecule is CC(C)(C)OCCOC(=O)C1(CN)CCCCC1. The van der Waals surface area contributed by atoms with Gasteiger partial charge in [0.25, 0.3) is 0 Å². The molecule has 0 amide bonds. The second kappa shape index (κ2) is 6.53. The van der Waals surface area contributed by atoms with Crippen molar-refractivity contribution in [1.82, 2.24) is 0 Å². The summed E-state index contributed by atoms with van der Waals surface area (Å²) in [7, 11) is 0. The van der Waals surface area contributed by atoms with Gasteiger partial charge in [-0.15, -0.1) is 0 Å². The molecule has 0 radical (unpaired) electrons. The fourth-order valence-corrected chi connectivity index (χ4v) is 2.36. The highest BCUT2D eigenvalue weighted by atomic mass is 16.6. The van der Waals surface area contributed by atoms with Gasteiger partial charge in [-0.3, -0.25) is 4.79 Å². The number of ether oxygens (including phenoxy) is 2. The molecule has 0 spiro atoms. The van der Waals surface area contributed by atoms with Crippen LogP contribution in [-0.4, -0.2) is 31.3 Å². The summed E-state index contributed by atoms with van der Waals surface area (Å²) in [5, 5.41) is 0. The number of rotatable bonds is 5. The molecule has 1 aliphatic carbocycles. The van der Waals surface area contributed by atoms with Gasteiger partial charge in [0, 0.05) is 6.54 Å². The first kappa shape index (κ1) is 15.4. The molecule has 1 rings (SSSR count). The van der Waals surface area contributed by atoms with Gasteiger partial charge in [-0.05, 0) is 33.6 Å². The Morgan fingerprint density at radius 1 is 1.17 bits per heavy atom. The summed E-state index contributed by atoms with van der Waals surface area (Å²) < 4.78 is 10.9. The zero-order valence-electron chi connectivity index (χ0n) is 12.0. The van der Waals surface area contributed by atoms with Gasteiger partial charge in [-0.25, -0.2) is 0 Å². The number of esters is 1. The van der Waals surface area contributed by atoms with Gasteiger partial charge in [0.05, 0.1) is 17.6 Å². The molecule has 0 saturated heterocycles. The van der Waals surface area contributed by atoms with Crippen molar-refractivity contribution in [3.05, 3.63) is 0 Å². The van der Waals surface area contributed by atoms with E-state index in [1.54, 1.807) is 0 Å². The van der Waals surface area contributed by atoms with Crippen molar-refractivity contribution in [2.75, 3.05) is 19.8 Å². The molecule has 0 aliphatic heterocycles. The van der Waals surface area contributed by atoms with Gasteiger partial charge >= 0.3 is 5.97 Å². The lowest BCUT2D eigenvalue weighted by molar-refractivity contribution is -0.160. The van der Waals surface area contributed by atoms with Gasteiger partial charge in [0.2, 0.25) is 0 Å². The maximum atomic E-state index is 12.1. The molecule has 0 atom stereocenters. The van der Waals surface area contributed by atoms with Crippen LogP contribution in [0.2, 0.25) is 0 Å². The van der Waals surface area contributed by atoms with Crippen LogP contribution in [0.15, 0.2) is 0 Å². The third kappa shape index (κ3) is 4.58. The van der Waals surface area contributed by atoms with Crippen LogP contribution in [0, 0.1) is 5.41 Å². The quantitative estimate of drug-likeness (QED) is 0.606. The first-order valence-corrected chi connectivity index (χ1v) is 6.91. The molecule has 0 aromatic carbocycles. The maximum absolute atomic E-state index is 12.1. The van der Waals surface area contributed by atoms with E-state index in [2.05, 4.69) is 0 Å². The molecule has 0 heterocycles. The van der Waals surface area contributed by atoms with E-state index < -0.39 is 5.41 Å². The Hall–Kier alpha value is -0.610. The zero-order chi connectivity index (χ0) is 13.6. The standard InChI is InChI=1S/C14H27NO3/c1-13(2,3)18-10-9-17-12(16)14(11-15)7-5-4-6-8-14/h4-11,15H2,1-3H3. The molecule has 0 unspecified atom stereocenters. The smallest absolute Gasteiger partial charge is 0.313 e. The number of nitrogens with two attached hydrogens (primary N) is 1. The third-order valence-corrected chi connectivity index (χ3v) is 3.49.